The molecule has 2 aromatic rings. The molecule has 7 heteroatoms. The monoisotopic (exact) mass is 338 g/mol. The molecular formula is C17H14N4O2S. The number of nitrogens with one attached hydrogen (secondary N) is 2. The van der Waals surface area contributed by atoms with E-state index in [1.807, 2.05) is 12.1 Å². The quantitative estimate of drug-likeness (QED) is 0.661. The van der Waals surface area contributed by atoms with Crippen LogP contribution in [0.3, 0.4) is 0 Å². The number of aromatic nitrogens is 1. The van der Waals surface area contributed by atoms with Crippen LogP contribution in [0, 0.1) is 17.2 Å². The maximum atomic E-state index is 12.4. The van der Waals surface area contributed by atoms with Gasteiger partial charge < -0.3 is 10.6 Å². The lowest BCUT2D eigenvalue weighted by molar-refractivity contribution is -0.119. The number of nitrogens with zero attached hydrogens (tertiary/aromatic N) is 2. The summed E-state index contributed by atoms with van der Waals surface area (Å²) in [6.07, 6.45) is 5.34. The van der Waals surface area contributed by atoms with Crippen molar-refractivity contribution in [2.75, 3.05) is 5.32 Å². The van der Waals surface area contributed by atoms with E-state index >= 15 is 0 Å². The van der Waals surface area contributed by atoms with Crippen LogP contribution in [0.15, 0.2) is 43.0 Å². The van der Waals surface area contributed by atoms with Crippen molar-refractivity contribution in [1.29, 1.82) is 5.26 Å². The number of carbonyl (C=O) groups is 2. The standard InChI is InChI=1S/C17H14N4O2S/c1-2-15(22)19-11-4-3-10(7-11)17(23)20-12-5-6-13-14(8-12)24-16(9-18)21-13/h2-6,8,10-11H,1,7H2,(H,19,22)(H,20,23)/t10-,11+/m1/s1. The number of rotatable bonds is 4. The molecule has 6 nitrogen and oxygen atoms in total. The topological polar surface area (TPSA) is 94.9 Å². The van der Waals surface area contributed by atoms with Crippen molar-refractivity contribution in [1.82, 2.24) is 10.3 Å². The first kappa shape index (κ1) is 15.9. The molecule has 0 fully saturated rings. The molecule has 1 aliphatic rings. The summed E-state index contributed by atoms with van der Waals surface area (Å²) in [4.78, 5) is 27.8. The van der Waals surface area contributed by atoms with Gasteiger partial charge in [0.1, 0.15) is 6.07 Å². The van der Waals surface area contributed by atoms with Gasteiger partial charge in [0.25, 0.3) is 0 Å². The van der Waals surface area contributed by atoms with Crippen molar-refractivity contribution in [3.63, 3.8) is 0 Å². The molecule has 120 valence electrons. The van der Waals surface area contributed by atoms with E-state index in [-0.39, 0.29) is 23.8 Å². The molecule has 1 aliphatic carbocycles. The molecule has 0 radical (unpaired) electrons. The zero-order chi connectivity index (χ0) is 17.1. The fourth-order valence-corrected chi connectivity index (χ4v) is 3.33. The van der Waals surface area contributed by atoms with Crippen molar-refractivity contribution in [3.8, 4) is 6.07 Å². The van der Waals surface area contributed by atoms with E-state index in [0.29, 0.717) is 17.1 Å². The number of nitriles is 1. The Morgan fingerprint density at radius 2 is 2.25 bits per heavy atom. The highest BCUT2D eigenvalue weighted by Gasteiger charge is 2.25. The van der Waals surface area contributed by atoms with E-state index in [1.54, 1.807) is 24.3 Å². The molecule has 2 amide bonds. The summed E-state index contributed by atoms with van der Waals surface area (Å²) in [6.45, 7) is 3.41. The van der Waals surface area contributed by atoms with Crippen LogP contribution in [0.2, 0.25) is 0 Å². The zero-order valence-electron chi connectivity index (χ0n) is 12.7. The van der Waals surface area contributed by atoms with Gasteiger partial charge in [-0.2, -0.15) is 5.26 Å². The Labute approximate surface area is 142 Å². The highest BCUT2D eigenvalue weighted by Crippen LogP contribution is 2.26. The Hall–Kier alpha value is -2.98. The number of hydrogen-bond acceptors (Lipinski definition) is 5. The maximum absolute atomic E-state index is 12.4. The molecule has 2 atom stereocenters. The Balaban J connectivity index is 1.65. The van der Waals surface area contributed by atoms with Gasteiger partial charge in [0, 0.05) is 11.7 Å². The summed E-state index contributed by atoms with van der Waals surface area (Å²) in [7, 11) is 0. The zero-order valence-corrected chi connectivity index (χ0v) is 13.5. The highest BCUT2D eigenvalue weighted by atomic mass is 32.1. The SMILES string of the molecule is C=CC(=O)N[C@H]1C=C[C@@H](C(=O)Nc2ccc3nc(C#N)sc3c2)C1. The highest BCUT2D eigenvalue weighted by molar-refractivity contribution is 7.19. The average Bonchev–Trinajstić information content (AvgIpc) is 3.20. The third kappa shape index (κ3) is 3.34. The number of thiazole rings is 1. The van der Waals surface area contributed by atoms with Crippen LogP contribution in [0.25, 0.3) is 10.2 Å². The second-order valence-corrected chi connectivity index (χ2v) is 6.38. The lowest BCUT2D eigenvalue weighted by atomic mass is 10.1. The number of amides is 2. The maximum Gasteiger partial charge on any atom is 0.243 e. The van der Waals surface area contributed by atoms with E-state index in [4.69, 9.17) is 5.26 Å². The summed E-state index contributed by atoms with van der Waals surface area (Å²) < 4.78 is 0.849. The summed E-state index contributed by atoms with van der Waals surface area (Å²) in [5.41, 5.74) is 1.40. The van der Waals surface area contributed by atoms with Crippen LogP contribution in [0.4, 0.5) is 5.69 Å². The number of fused-ring (bicyclic) bond motifs is 1. The Morgan fingerprint density at radius 3 is 3.00 bits per heavy atom. The van der Waals surface area contributed by atoms with Gasteiger partial charge in [-0.25, -0.2) is 4.98 Å². The summed E-state index contributed by atoms with van der Waals surface area (Å²) in [5.74, 6) is -0.687. The molecule has 0 spiro atoms. The largest absolute Gasteiger partial charge is 0.346 e. The first-order valence-corrected chi connectivity index (χ1v) is 8.13. The molecule has 24 heavy (non-hydrogen) atoms. The van der Waals surface area contributed by atoms with Crippen LogP contribution < -0.4 is 10.6 Å². The molecule has 0 unspecified atom stereocenters. The molecule has 1 aromatic heterocycles. The average molecular weight is 338 g/mol. The van der Waals surface area contributed by atoms with E-state index < -0.39 is 0 Å². The number of anilines is 1. The molecule has 0 saturated heterocycles. The Morgan fingerprint density at radius 1 is 1.42 bits per heavy atom. The van der Waals surface area contributed by atoms with Gasteiger partial charge in [-0.3, -0.25) is 9.59 Å². The predicted molar refractivity (Wildman–Crippen MR) is 92.3 cm³/mol. The normalized spacial score (nSPS) is 19.0. The minimum Gasteiger partial charge on any atom is -0.346 e. The van der Waals surface area contributed by atoms with Crippen LogP contribution in [-0.4, -0.2) is 22.8 Å². The molecule has 0 saturated carbocycles. The van der Waals surface area contributed by atoms with Gasteiger partial charge in [-0.1, -0.05) is 18.7 Å². The second-order valence-electron chi connectivity index (χ2n) is 5.35. The van der Waals surface area contributed by atoms with E-state index in [1.165, 1.54) is 17.4 Å². The molecule has 1 heterocycles. The molecular weight excluding hydrogens is 324 g/mol. The summed E-state index contributed by atoms with van der Waals surface area (Å²) in [6, 6.07) is 7.20. The Kier molecular flexibility index (Phi) is 4.40. The van der Waals surface area contributed by atoms with Gasteiger partial charge in [-0.05, 0) is 30.7 Å². The smallest absolute Gasteiger partial charge is 0.243 e. The van der Waals surface area contributed by atoms with Gasteiger partial charge >= 0.3 is 0 Å². The van der Waals surface area contributed by atoms with Crippen molar-refractivity contribution in [2.45, 2.75) is 12.5 Å². The van der Waals surface area contributed by atoms with Crippen molar-refractivity contribution in [3.05, 3.63) is 48.0 Å². The summed E-state index contributed by atoms with van der Waals surface area (Å²) in [5, 5.41) is 14.9. The third-order valence-electron chi connectivity index (χ3n) is 3.69. The van der Waals surface area contributed by atoms with E-state index in [0.717, 1.165) is 10.2 Å². The van der Waals surface area contributed by atoms with Crippen molar-refractivity contribution in [2.24, 2.45) is 5.92 Å². The van der Waals surface area contributed by atoms with Gasteiger partial charge in [0.15, 0.2) is 5.01 Å². The van der Waals surface area contributed by atoms with Crippen LogP contribution in [0.5, 0.6) is 0 Å². The molecule has 2 N–H and O–H groups in total. The molecule has 0 bridgehead atoms. The van der Waals surface area contributed by atoms with Gasteiger partial charge in [0.05, 0.1) is 16.1 Å². The minimum absolute atomic E-state index is 0.133. The van der Waals surface area contributed by atoms with Crippen molar-refractivity contribution < 1.29 is 9.59 Å². The fourth-order valence-electron chi connectivity index (χ4n) is 2.53. The molecule has 1 aromatic carbocycles. The minimum atomic E-state index is -0.299. The van der Waals surface area contributed by atoms with Crippen LogP contribution in [-0.2, 0) is 9.59 Å². The number of hydrogen-bond donors (Lipinski definition) is 2. The van der Waals surface area contributed by atoms with Gasteiger partial charge in [-0.15, -0.1) is 11.3 Å². The molecule has 3 rings (SSSR count). The van der Waals surface area contributed by atoms with Crippen LogP contribution >= 0.6 is 11.3 Å². The third-order valence-corrected chi connectivity index (χ3v) is 4.61. The number of carbonyl (C=O) groups excluding carboxylic acids is 2. The first-order valence-electron chi connectivity index (χ1n) is 7.32. The Bertz CT molecular complexity index is 894. The van der Waals surface area contributed by atoms with Gasteiger partial charge in [0.2, 0.25) is 11.8 Å². The summed E-state index contributed by atoms with van der Waals surface area (Å²) >= 11 is 1.29. The van der Waals surface area contributed by atoms with Crippen LogP contribution in [0.1, 0.15) is 11.4 Å². The molecule has 0 aliphatic heterocycles. The van der Waals surface area contributed by atoms with E-state index in [2.05, 4.69) is 22.2 Å². The fraction of sp³-hybridized carbons (Fsp3) is 0.176. The van der Waals surface area contributed by atoms with Crippen molar-refractivity contribution >= 4 is 39.1 Å². The predicted octanol–water partition coefficient (Wildman–Crippen LogP) is 2.35. The lowest BCUT2D eigenvalue weighted by Gasteiger charge is -2.13. The number of benzene rings is 1. The lowest BCUT2D eigenvalue weighted by Crippen LogP contribution is -2.32. The van der Waals surface area contributed by atoms with E-state index in [9.17, 15) is 9.59 Å². The second kappa shape index (κ2) is 6.64. The first-order chi connectivity index (χ1) is 11.6.